The van der Waals surface area contributed by atoms with Crippen LogP contribution in [-0.4, -0.2) is 32.6 Å². The highest BCUT2D eigenvalue weighted by Crippen LogP contribution is 2.27. The zero-order valence-corrected chi connectivity index (χ0v) is 15.0. The van der Waals surface area contributed by atoms with Crippen molar-refractivity contribution in [1.82, 2.24) is 0 Å². The van der Waals surface area contributed by atoms with E-state index in [1.807, 2.05) is 18.2 Å². The SMILES string of the molecule is COc1ccc(C(=O)Nc2cccc(N3CCCCC3=O)c2)c(OC)c1. The number of amides is 2. The Morgan fingerprint density at radius 2 is 1.92 bits per heavy atom. The van der Waals surface area contributed by atoms with E-state index in [-0.39, 0.29) is 11.8 Å². The Labute approximate surface area is 152 Å². The highest BCUT2D eigenvalue weighted by molar-refractivity contribution is 6.06. The number of anilines is 2. The Kier molecular flexibility index (Phi) is 5.41. The number of carbonyl (C=O) groups is 2. The minimum absolute atomic E-state index is 0.122. The molecule has 2 aromatic carbocycles. The molecule has 3 rings (SSSR count). The van der Waals surface area contributed by atoms with Crippen molar-refractivity contribution in [1.29, 1.82) is 0 Å². The van der Waals surface area contributed by atoms with Gasteiger partial charge in [0, 0.05) is 30.4 Å². The molecule has 136 valence electrons. The van der Waals surface area contributed by atoms with Crippen molar-refractivity contribution in [3.8, 4) is 11.5 Å². The van der Waals surface area contributed by atoms with Crippen molar-refractivity contribution in [2.75, 3.05) is 31.0 Å². The lowest BCUT2D eigenvalue weighted by atomic mass is 10.1. The van der Waals surface area contributed by atoms with Crippen LogP contribution in [0.15, 0.2) is 42.5 Å². The fourth-order valence-corrected chi connectivity index (χ4v) is 3.01. The summed E-state index contributed by atoms with van der Waals surface area (Å²) in [6, 6.07) is 12.4. The monoisotopic (exact) mass is 354 g/mol. The first kappa shape index (κ1) is 17.8. The number of ether oxygens (including phenoxy) is 2. The Morgan fingerprint density at radius 3 is 2.65 bits per heavy atom. The van der Waals surface area contributed by atoms with Crippen molar-refractivity contribution >= 4 is 23.2 Å². The van der Waals surface area contributed by atoms with Crippen molar-refractivity contribution in [2.45, 2.75) is 19.3 Å². The topological polar surface area (TPSA) is 67.9 Å². The Morgan fingerprint density at radius 1 is 1.08 bits per heavy atom. The van der Waals surface area contributed by atoms with E-state index in [2.05, 4.69) is 5.32 Å². The molecule has 0 spiro atoms. The van der Waals surface area contributed by atoms with Crippen molar-refractivity contribution < 1.29 is 19.1 Å². The average Bonchev–Trinajstić information content (AvgIpc) is 2.68. The third-order valence-electron chi connectivity index (χ3n) is 4.39. The summed E-state index contributed by atoms with van der Waals surface area (Å²) in [7, 11) is 3.07. The predicted octanol–water partition coefficient (Wildman–Crippen LogP) is 3.47. The first-order valence-corrected chi connectivity index (χ1v) is 8.56. The summed E-state index contributed by atoms with van der Waals surface area (Å²) in [4.78, 5) is 26.5. The zero-order valence-electron chi connectivity index (χ0n) is 15.0. The number of nitrogens with zero attached hydrogens (tertiary/aromatic N) is 1. The molecule has 0 atom stereocenters. The number of nitrogens with one attached hydrogen (secondary N) is 1. The lowest BCUT2D eigenvalue weighted by molar-refractivity contribution is -0.119. The van der Waals surface area contributed by atoms with Gasteiger partial charge >= 0.3 is 0 Å². The van der Waals surface area contributed by atoms with Crippen LogP contribution in [-0.2, 0) is 4.79 Å². The van der Waals surface area contributed by atoms with Gasteiger partial charge in [0.05, 0.1) is 19.8 Å². The Hall–Kier alpha value is -3.02. The molecular formula is C20H22N2O4. The first-order valence-electron chi connectivity index (χ1n) is 8.56. The second-order valence-electron chi connectivity index (χ2n) is 6.07. The van der Waals surface area contributed by atoms with Crippen LogP contribution in [0.5, 0.6) is 11.5 Å². The zero-order chi connectivity index (χ0) is 18.5. The van der Waals surface area contributed by atoms with Gasteiger partial charge in [-0.05, 0) is 43.2 Å². The summed E-state index contributed by atoms with van der Waals surface area (Å²) in [5.41, 5.74) is 1.84. The van der Waals surface area contributed by atoms with Gasteiger partial charge in [-0.15, -0.1) is 0 Å². The molecule has 6 heteroatoms. The fourth-order valence-electron chi connectivity index (χ4n) is 3.01. The molecule has 1 aliphatic heterocycles. The van der Waals surface area contributed by atoms with Crippen LogP contribution in [0, 0.1) is 0 Å². The standard InChI is InChI=1S/C20H22N2O4/c1-25-16-9-10-17(18(13-16)26-2)20(24)21-14-6-5-7-15(12-14)22-11-4-3-8-19(22)23/h5-7,9-10,12-13H,3-4,8,11H2,1-2H3,(H,21,24). The third-order valence-corrected chi connectivity index (χ3v) is 4.39. The lowest BCUT2D eigenvalue weighted by Gasteiger charge is -2.27. The molecule has 0 saturated carbocycles. The summed E-state index contributed by atoms with van der Waals surface area (Å²) in [6.45, 7) is 0.711. The summed E-state index contributed by atoms with van der Waals surface area (Å²) >= 11 is 0. The molecule has 1 fully saturated rings. The maximum atomic E-state index is 12.6. The van der Waals surface area contributed by atoms with Crippen LogP contribution in [0.1, 0.15) is 29.6 Å². The first-order chi connectivity index (χ1) is 12.6. The predicted molar refractivity (Wildman–Crippen MR) is 100 cm³/mol. The molecule has 1 aliphatic rings. The Balaban J connectivity index is 1.80. The van der Waals surface area contributed by atoms with E-state index in [0.717, 1.165) is 18.5 Å². The number of piperidine rings is 1. The van der Waals surface area contributed by atoms with E-state index in [9.17, 15) is 9.59 Å². The van der Waals surface area contributed by atoms with Crippen LogP contribution in [0.25, 0.3) is 0 Å². The van der Waals surface area contributed by atoms with E-state index in [0.29, 0.717) is 35.7 Å². The smallest absolute Gasteiger partial charge is 0.259 e. The Bertz CT molecular complexity index is 819. The van der Waals surface area contributed by atoms with E-state index < -0.39 is 0 Å². The molecule has 0 radical (unpaired) electrons. The van der Waals surface area contributed by atoms with Crippen LogP contribution >= 0.6 is 0 Å². The number of rotatable bonds is 5. The highest BCUT2D eigenvalue weighted by Gasteiger charge is 2.20. The van der Waals surface area contributed by atoms with Crippen LogP contribution < -0.4 is 19.7 Å². The quantitative estimate of drug-likeness (QED) is 0.893. The van der Waals surface area contributed by atoms with E-state index in [4.69, 9.17) is 9.47 Å². The summed E-state index contributed by atoms with van der Waals surface area (Å²) in [6.07, 6.45) is 2.49. The molecule has 26 heavy (non-hydrogen) atoms. The van der Waals surface area contributed by atoms with E-state index in [1.54, 1.807) is 36.3 Å². The largest absolute Gasteiger partial charge is 0.497 e. The van der Waals surface area contributed by atoms with Crippen LogP contribution in [0.2, 0.25) is 0 Å². The average molecular weight is 354 g/mol. The van der Waals surface area contributed by atoms with Crippen molar-refractivity contribution in [3.05, 3.63) is 48.0 Å². The molecule has 6 nitrogen and oxygen atoms in total. The van der Waals surface area contributed by atoms with Gasteiger partial charge in [0.1, 0.15) is 11.5 Å². The maximum absolute atomic E-state index is 12.6. The van der Waals surface area contributed by atoms with Gasteiger partial charge in [-0.3, -0.25) is 9.59 Å². The molecule has 2 aromatic rings. The number of hydrogen-bond donors (Lipinski definition) is 1. The summed E-state index contributed by atoms with van der Waals surface area (Å²) in [5, 5.41) is 2.87. The van der Waals surface area contributed by atoms with Gasteiger partial charge in [0.2, 0.25) is 5.91 Å². The molecule has 0 unspecified atom stereocenters. The lowest BCUT2D eigenvalue weighted by Crippen LogP contribution is -2.35. The molecule has 1 saturated heterocycles. The number of hydrogen-bond acceptors (Lipinski definition) is 4. The molecule has 1 N–H and O–H groups in total. The number of benzene rings is 2. The van der Waals surface area contributed by atoms with Gasteiger partial charge in [-0.2, -0.15) is 0 Å². The molecular weight excluding hydrogens is 332 g/mol. The van der Waals surface area contributed by atoms with Gasteiger partial charge in [-0.25, -0.2) is 0 Å². The third kappa shape index (κ3) is 3.79. The molecule has 0 aliphatic carbocycles. The van der Waals surface area contributed by atoms with E-state index >= 15 is 0 Å². The number of methoxy groups -OCH3 is 2. The molecule has 1 heterocycles. The number of carbonyl (C=O) groups excluding carboxylic acids is 2. The van der Waals surface area contributed by atoms with Crippen LogP contribution in [0.3, 0.4) is 0 Å². The van der Waals surface area contributed by atoms with E-state index in [1.165, 1.54) is 7.11 Å². The summed E-state index contributed by atoms with van der Waals surface area (Å²) in [5.74, 6) is 0.886. The van der Waals surface area contributed by atoms with Crippen molar-refractivity contribution in [2.24, 2.45) is 0 Å². The van der Waals surface area contributed by atoms with Gasteiger partial charge in [-0.1, -0.05) is 6.07 Å². The fraction of sp³-hybridized carbons (Fsp3) is 0.300. The normalized spacial score (nSPS) is 14.1. The maximum Gasteiger partial charge on any atom is 0.259 e. The molecule has 0 bridgehead atoms. The van der Waals surface area contributed by atoms with Gasteiger partial charge in [0.25, 0.3) is 5.91 Å². The second kappa shape index (κ2) is 7.91. The molecule has 0 aromatic heterocycles. The van der Waals surface area contributed by atoms with Crippen molar-refractivity contribution in [3.63, 3.8) is 0 Å². The summed E-state index contributed by atoms with van der Waals surface area (Å²) < 4.78 is 10.4. The van der Waals surface area contributed by atoms with Gasteiger partial charge < -0.3 is 19.7 Å². The highest BCUT2D eigenvalue weighted by atomic mass is 16.5. The molecule has 2 amide bonds. The minimum atomic E-state index is -0.286. The minimum Gasteiger partial charge on any atom is -0.497 e. The van der Waals surface area contributed by atoms with Gasteiger partial charge in [0.15, 0.2) is 0 Å². The second-order valence-corrected chi connectivity index (χ2v) is 6.07. The van der Waals surface area contributed by atoms with Crippen LogP contribution in [0.4, 0.5) is 11.4 Å².